The molecule has 0 aromatic carbocycles. The molecule has 0 N–H and O–H groups in total. The van der Waals surface area contributed by atoms with E-state index in [1.165, 1.54) is 30.0 Å². The normalized spacial score (nSPS) is 18.4. The highest BCUT2D eigenvalue weighted by molar-refractivity contribution is 7.11. The van der Waals surface area contributed by atoms with Gasteiger partial charge in [0, 0.05) is 4.88 Å². The largest absolute Gasteiger partial charge is 0.247 e. The standard InChI is InChI=1S/C9H13NS/c1-6-9(8-4-3-5-8)11-7(2)10-6/h8H,3-5H2,1-2H3. The summed E-state index contributed by atoms with van der Waals surface area (Å²) in [5.74, 6) is 0.862. The molecule has 0 saturated heterocycles. The summed E-state index contributed by atoms with van der Waals surface area (Å²) in [5, 5.41) is 1.23. The molecule has 0 atom stereocenters. The summed E-state index contributed by atoms with van der Waals surface area (Å²) < 4.78 is 0. The summed E-state index contributed by atoms with van der Waals surface area (Å²) >= 11 is 1.89. The van der Waals surface area contributed by atoms with Gasteiger partial charge in [-0.1, -0.05) is 6.42 Å². The van der Waals surface area contributed by atoms with Gasteiger partial charge in [0.05, 0.1) is 10.7 Å². The van der Waals surface area contributed by atoms with Gasteiger partial charge in [-0.2, -0.15) is 0 Å². The van der Waals surface area contributed by atoms with Crippen LogP contribution in [0.1, 0.15) is 40.8 Å². The zero-order valence-electron chi connectivity index (χ0n) is 7.05. The lowest BCUT2D eigenvalue weighted by atomic mass is 9.84. The molecule has 1 saturated carbocycles. The van der Waals surface area contributed by atoms with Crippen molar-refractivity contribution in [3.8, 4) is 0 Å². The minimum atomic E-state index is 0.862. The van der Waals surface area contributed by atoms with Crippen LogP contribution in [-0.4, -0.2) is 4.98 Å². The van der Waals surface area contributed by atoms with Crippen LogP contribution in [0.25, 0.3) is 0 Å². The molecule has 1 aliphatic rings. The average Bonchev–Trinajstić information content (AvgIpc) is 2.07. The number of aromatic nitrogens is 1. The van der Waals surface area contributed by atoms with Crippen LogP contribution in [0, 0.1) is 13.8 Å². The van der Waals surface area contributed by atoms with Crippen LogP contribution in [0.3, 0.4) is 0 Å². The van der Waals surface area contributed by atoms with Gasteiger partial charge >= 0.3 is 0 Å². The van der Waals surface area contributed by atoms with E-state index in [0.717, 1.165) is 5.92 Å². The molecule has 1 fully saturated rings. The molecule has 11 heavy (non-hydrogen) atoms. The fourth-order valence-corrected chi connectivity index (χ4v) is 2.69. The van der Waals surface area contributed by atoms with Crippen molar-refractivity contribution < 1.29 is 0 Å². The summed E-state index contributed by atoms with van der Waals surface area (Å²) in [6.45, 7) is 4.23. The maximum atomic E-state index is 4.43. The quantitative estimate of drug-likeness (QED) is 0.626. The number of aryl methyl sites for hydroxylation is 2. The van der Waals surface area contributed by atoms with Crippen LogP contribution in [0.5, 0.6) is 0 Å². The van der Waals surface area contributed by atoms with Gasteiger partial charge in [-0.3, -0.25) is 0 Å². The van der Waals surface area contributed by atoms with Gasteiger partial charge in [0.15, 0.2) is 0 Å². The van der Waals surface area contributed by atoms with Crippen molar-refractivity contribution in [3.05, 3.63) is 15.6 Å². The van der Waals surface area contributed by atoms with Crippen LogP contribution in [-0.2, 0) is 0 Å². The first-order valence-corrected chi connectivity index (χ1v) is 5.03. The highest BCUT2D eigenvalue weighted by Crippen LogP contribution is 2.40. The zero-order chi connectivity index (χ0) is 7.84. The van der Waals surface area contributed by atoms with Crippen LogP contribution >= 0.6 is 11.3 Å². The Hall–Kier alpha value is -0.370. The second kappa shape index (κ2) is 2.59. The first-order chi connectivity index (χ1) is 5.27. The van der Waals surface area contributed by atoms with Crippen molar-refractivity contribution in [3.63, 3.8) is 0 Å². The summed E-state index contributed by atoms with van der Waals surface area (Å²) in [6.07, 6.45) is 4.20. The summed E-state index contributed by atoms with van der Waals surface area (Å²) in [7, 11) is 0. The van der Waals surface area contributed by atoms with Crippen LogP contribution in [0.15, 0.2) is 0 Å². The zero-order valence-corrected chi connectivity index (χ0v) is 7.87. The maximum Gasteiger partial charge on any atom is 0.0900 e. The van der Waals surface area contributed by atoms with Gasteiger partial charge in [0.2, 0.25) is 0 Å². The minimum absolute atomic E-state index is 0.862. The third-order valence-electron chi connectivity index (χ3n) is 2.42. The summed E-state index contributed by atoms with van der Waals surface area (Å²) in [4.78, 5) is 5.98. The van der Waals surface area contributed by atoms with E-state index >= 15 is 0 Å². The predicted molar refractivity (Wildman–Crippen MR) is 48.2 cm³/mol. The van der Waals surface area contributed by atoms with Gasteiger partial charge < -0.3 is 0 Å². The number of nitrogens with zero attached hydrogens (tertiary/aromatic N) is 1. The Morgan fingerprint density at radius 1 is 1.36 bits per heavy atom. The van der Waals surface area contributed by atoms with Gasteiger partial charge in [0.1, 0.15) is 0 Å². The molecule has 2 heteroatoms. The lowest BCUT2D eigenvalue weighted by Crippen LogP contribution is -2.07. The van der Waals surface area contributed by atoms with Crippen molar-refractivity contribution in [2.45, 2.75) is 39.0 Å². The second-order valence-electron chi connectivity index (χ2n) is 3.31. The Bertz CT molecular complexity index is 261. The van der Waals surface area contributed by atoms with Gasteiger partial charge in [0.25, 0.3) is 0 Å². The summed E-state index contributed by atoms with van der Waals surface area (Å²) in [5.41, 5.74) is 1.28. The SMILES string of the molecule is Cc1nc(C)c(C2CCC2)s1. The van der Waals surface area contributed by atoms with Crippen LogP contribution < -0.4 is 0 Å². The number of hydrogen-bond donors (Lipinski definition) is 0. The molecule has 0 amide bonds. The van der Waals surface area contributed by atoms with E-state index in [0.29, 0.717) is 0 Å². The average molecular weight is 167 g/mol. The number of rotatable bonds is 1. The van der Waals surface area contributed by atoms with Gasteiger partial charge in [-0.05, 0) is 32.6 Å². The Morgan fingerprint density at radius 2 is 2.09 bits per heavy atom. The Kier molecular flexibility index (Phi) is 1.72. The minimum Gasteiger partial charge on any atom is -0.247 e. The molecular formula is C9H13NS. The molecular weight excluding hydrogens is 154 g/mol. The van der Waals surface area contributed by atoms with Crippen molar-refractivity contribution in [1.29, 1.82) is 0 Å². The molecule has 0 spiro atoms. The van der Waals surface area contributed by atoms with E-state index in [9.17, 15) is 0 Å². The van der Waals surface area contributed by atoms with E-state index in [4.69, 9.17) is 0 Å². The lowest BCUT2D eigenvalue weighted by molar-refractivity contribution is 0.423. The fourth-order valence-electron chi connectivity index (χ4n) is 1.60. The first-order valence-electron chi connectivity index (χ1n) is 4.21. The summed E-state index contributed by atoms with van der Waals surface area (Å²) in [6, 6.07) is 0. The predicted octanol–water partition coefficient (Wildman–Crippen LogP) is 3.03. The van der Waals surface area contributed by atoms with E-state index in [1.54, 1.807) is 4.88 Å². The molecule has 1 aromatic heterocycles. The number of hydrogen-bond acceptors (Lipinski definition) is 2. The molecule has 0 unspecified atom stereocenters. The lowest BCUT2D eigenvalue weighted by Gasteiger charge is -2.24. The van der Waals surface area contributed by atoms with E-state index in [-0.39, 0.29) is 0 Å². The third kappa shape index (κ3) is 1.20. The van der Waals surface area contributed by atoms with Crippen molar-refractivity contribution >= 4 is 11.3 Å². The molecule has 2 rings (SSSR count). The second-order valence-corrected chi connectivity index (χ2v) is 4.55. The smallest absolute Gasteiger partial charge is 0.0900 e. The molecule has 1 aliphatic carbocycles. The van der Waals surface area contributed by atoms with Crippen molar-refractivity contribution in [1.82, 2.24) is 4.98 Å². The van der Waals surface area contributed by atoms with Crippen molar-refractivity contribution in [2.75, 3.05) is 0 Å². The fraction of sp³-hybridized carbons (Fsp3) is 0.667. The molecule has 1 nitrogen and oxygen atoms in total. The Morgan fingerprint density at radius 3 is 2.45 bits per heavy atom. The first kappa shape index (κ1) is 7.29. The highest BCUT2D eigenvalue weighted by atomic mass is 32.1. The van der Waals surface area contributed by atoms with E-state index in [2.05, 4.69) is 18.8 Å². The molecule has 1 heterocycles. The third-order valence-corrected chi connectivity index (χ3v) is 3.65. The van der Waals surface area contributed by atoms with Crippen LogP contribution in [0.4, 0.5) is 0 Å². The molecule has 0 bridgehead atoms. The van der Waals surface area contributed by atoms with Gasteiger partial charge in [-0.25, -0.2) is 4.98 Å². The van der Waals surface area contributed by atoms with Crippen LogP contribution in [0.2, 0.25) is 0 Å². The number of thiazole rings is 1. The topological polar surface area (TPSA) is 12.9 Å². The highest BCUT2D eigenvalue weighted by Gasteiger charge is 2.23. The molecule has 1 aromatic rings. The van der Waals surface area contributed by atoms with Crippen molar-refractivity contribution in [2.24, 2.45) is 0 Å². The van der Waals surface area contributed by atoms with E-state index in [1.807, 2.05) is 11.3 Å². The molecule has 0 aliphatic heterocycles. The molecule has 60 valence electrons. The monoisotopic (exact) mass is 167 g/mol. The Balaban J connectivity index is 2.28. The van der Waals surface area contributed by atoms with Gasteiger partial charge in [-0.15, -0.1) is 11.3 Å². The maximum absolute atomic E-state index is 4.43. The molecule has 0 radical (unpaired) electrons. The van der Waals surface area contributed by atoms with E-state index < -0.39 is 0 Å². The Labute approximate surface area is 71.5 Å².